The highest BCUT2D eigenvalue weighted by molar-refractivity contribution is 5.92. The second-order valence-corrected chi connectivity index (χ2v) is 4.73. The van der Waals surface area contributed by atoms with Crippen LogP contribution in [0.3, 0.4) is 0 Å². The summed E-state index contributed by atoms with van der Waals surface area (Å²) in [4.78, 5) is 17.6. The number of hydrogen-bond acceptors (Lipinski definition) is 4. The average molecular weight is 263 g/mol. The number of anilines is 1. The molecule has 0 aliphatic carbocycles. The van der Waals surface area contributed by atoms with E-state index in [1.807, 2.05) is 12.1 Å². The minimum Gasteiger partial charge on any atom is -0.378 e. The Balaban J connectivity index is 1.72. The van der Waals surface area contributed by atoms with E-state index in [0.717, 1.165) is 31.6 Å². The molecule has 1 saturated heterocycles. The number of aromatic nitrogens is 1. The summed E-state index contributed by atoms with van der Waals surface area (Å²) < 4.78 is 5.74. The molecule has 19 heavy (non-hydrogen) atoms. The average Bonchev–Trinajstić information content (AvgIpc) is 2.48. The van der Waals surface area contributed by atoms with E-state index in [2.05, 4.69) is 10.3 Å². The third-order valence-corrected chi connectivity index (χ3v) is 3.36. The van der Waals surface area contributed by atoms with Crippen LogP contribution in [0.4, 0.5) is 5.69 Å². The normalized spacial score (nSPS) is 16.3. The zero-order chi connectivity index (χ0) is 13.5. The molecule has 0 radical (unpaired) electrons. The number of piperidine rings is 1. The van der Waals surface area contributed by atoms with E-state index >= 15 is 0 Å². The molecule has 1 aliphatic rings. The summed E-state index contributed by atoms with van der Waals surface area (Å²) in [6.07, 6.45) is 6.17. The van der Waals surface area contributed by atoms with Crippen molar-refractivity contribution in [2.75, 3.05) is 31.6 Å². The van der Waals surface area contributed by atoms with Crippen molar-refractivity contribution in [3.8, 4) is 0 Å². The Kier molecular flexibility index (Phi) is 5.30. The second kappa shape index (κ2) is 7.21. The molecule has 1 aromatic heterocycles. The van der Waals surface area contributed by atoms with Gasteiger partial charge >= 0.3 is 0 Å². The summed E-state index contributed by atoms with van der Waals surface area (Å²) in [6.45, 7) is 2.51. The minimum absolute atomic E-state index is 0.0573. The first-order chi connectivity index (χ1) is 9.27. The Hall–Kier alpha value is -1.46. The Labute approximate surface area is 114 Å². The smallest absolute Gasteiger partial charge is 0.229 e. The number of nitrogens with zero attached hydrogens (tertiary/aromatic N) is 2. The molecule has 1 aliphatic heterocycles. The fraction of sp³-hybridized carbons (Fsp3) is 0.571. The first-order valence-corrected chi connectivity index (χ1v) is 6.76. The van der Waals surface area contributed by atoms with Crippen molar-refractivity contribution in [1.82, 2.24) is 10.3 Å². The molecule has 0 atom stereocenters. The van der Waals surface area contributed by atoms with Gasteiger partial charge < -0.3 is 15.0 Å². The molecule has 0 aromatic carbocycles. The van der Waals surface area contributed by atoms with Crippen molar-refractivity contribution in [1.29, 1.82) is 0 Å². The van der Waals surface area contributed by atoms with Gasteiger partial charge in [0.1, 0.15) is 0 Å². The number of amides is 1. The van der Waals surface area contributed by atoms with Gasteiger partial charge in [-0.05, 0) is 38.1 Å². The summed E-state index contributed by atoms with van der Waals surface area (Å²) in [7, 11) is 1.77. The highest BCUT2D eigenvalue weighted by Gasteiger charge is 2.15. The lowest BCUT2D eigenvalue weighted by Gasteiger charge is -2.23. The highest BCUT2D eigenvalue weighted by atomic mass is 16.5. The molecular formula is C14H21N3O2. The van der Waals surface area contributed by atoms with E-state index in [9.17, 15) is 4.79 Å². The van der Waals surface area contributed by atoms with Crippen LogP contribution in [0.2, 0.25) is 0 Å². The number of carbonyl (C=O) groups excluding carboxylic acids is 1. The molecule has 104 valence electrons. The zero-order valence-electron chi connectivity index (χ0n) is 11.3. The molecule has 0 unspecified atom stereocenters. The van der Waals surface area contributed by atoms with Crippen molar-refractivity contribution >= 4 is 11.6 Å². The molecule has 2 rings (SSSR count). The lowest BCUT2D eigenvalue weighted by molar-refractivity contribution is -0.120. The molecule has 2 heterocycles. The van der Waals surface area contributed by atoms with E-state index in [4.69, 9.17) is 4.74 Å². The number of pyridine rings is 1. The zero-order valence-corrected chi connectivity index (χ0v) is 11.3. The van der Waals surface area contributed by atoms with E-state index < -0.39 is 0 Å². The highest BCUT2D eigenvalue weighted by Crippen LogP contribution is 2.12. The van der Waals surface area contributed by atoms with Crippen LogP contribution < -0.4 is 10.2 Å². The Bertz CT molecular complexity index is 391. The number of nitrogens with one attached hydrogen (secondary N) is 1. The van der Waals surface area contributed by atoms with Crippen molar-refractivity contribution in [3.63, 3.8) is 0 Å². The molecule has 1 aromatic rings. The molecule has 0 bridgehead atoms. The maximum atomic E-state index is 12.0. The van der Waals surface area contributed by atoms with Crippen LogP contribution in [-0.2, 0) is 9.53 Å². The van der Waals surface area contributed by atoms with E-state index in [1.165, 1.54) is 0 Å². The van der Waals surface area contributed by atoms with Gasteiger partial charge in [0, 0.05) is 13.2 Å². The first-order valence-electron chi connectivity index (χ1n) is 6.76. The van der Waals surface area contributed by atoms with Gasteiger partial charge in [0.15, 0.2) is 0 Å². The Morgan fingerprint density at radius 1 is 1.53 bits per heavy atom. The summed E-state index contributed by atoms with van der Waals surface area (Å²) in [5, 5.41) is 3.29. The topological polar surface area (TPSA) is 54.5 Å². The molecule has 0 spiro atoms. The van der Waals surface area contributed by atoms with Gasteiger partial charge in [-0.3, -0.25) is 9.78 Å². The Morgan fingerprint density at radius 2 is 2.32 bits per heavy atom. The summed E-state index contributed by atoms with van der Waals surface area (Å²) in [6, 6.07) is 3.70. The van der Waals surface area contributed by atoms with Crippen LogP contribution in [0, 0.1) is 0 Å². The number of carbonyl (C=O) groups is 1. The molecular weight excluding hydrogens is 242 g/mol. The summed E-state index contributed by atoms with van der Waals surface area (Å²) in [5.74, 6) is 0.0573. The first kappa shape index (κ1) is 14.0. The molecule has 1 amide bonds. The third kappa shape index (κ3) is 4.29. The lowest BCUT2D eigenvalue weighted by atomic mass is 10.1. The van der Waals surface area contributed by atoms with E-state index in [-0.39, 0.29) is 5.91 Å². The van der Waals surface area contributed by atoms with Gasteiger partial charge in [0.25, 0.3) is 0 Å². The van der Waals surface area contributed by atoms with Gasteiger partial charge in [-0.15, -0.1) is 0 Å². The van der Waals surface area contributed by atoms with Gasteiger partial charge in [-0.2, -0.15) is 0 Å². The largest absolute Gasteiger partial charge is 0.378 e. The van der Waals surface area contributed by atoms with Gasteiger partial charge in [-0.25, -0.2) is 0 Å². The van der Waals surface area contributed by atoms with Crippen molar-refractivity contribution in [2.24, 2.45) is 0 Å². The summed E-state index contributed by atoms with van der Waals surface area (Å²) in [5.41, 5.74) is 0.814. The van der Waals surface area contributed by atoms with Gasteiger partial charge in [-0.1, -0.05) is 0 Å². The maximum absolute atomic E-state index is 12.0. The van der Waals surface area contributed by atoms with Crippen molar-refractivity contribution < 1.29 is 9.53 Å². The minimum atomic E-state index is 0.0573. The van der Waals surface area contributed by atoms with Crippen LogP contribution >= 0.6 is 0 Å². The third-order valence-electron chi connectivity index (χ3n) is 3.36. The lowest BCUT2D eigenvalue weighted by Crippen LogP contribution is -2.33. The molecule has 1 N–H and O–H groups in total. The van der Waals surface area contributed by atoms with Crippen LogP contribution in [0.1, 0.15) is 19.3 Å². The van der Waals surface area contributed by atoms with Gasteiger partial charge in [0.2, 0.25) is 5.91 Å². The van der Waals surface area contributed by atoms with Crippen LogP contribution in [0.15, 0.2) is 24.5 Å². The molecule has 0 saturated carbocycles. The fourth-order valence-electron chi connectivity index (χ4n) is 2.14. The number of hydrogen-bond donors (Lipinski definition) is 1. The standard InChI is InChI=1S/C14H21N3O2/c1-17(12-3-2-7-16-11-12)14(18)6-10-19-13-4-8-15-9-5-13/h2-3,7,11,13,15H,4-6,8-10H2,1H3. The number of rotatable bonds is 5. The maximum Gasteiger partial charge on any atom is 0.229 e. The SMILES string of the molecule is CN(C(=O)CCOC1CCNCC1)c1cccnc1. The Morgan fingerprint density at radius 3 is 3.00 bits per heavy atom. The quantitative estimate of drug-likeness (QED) is 0.867. The molecule has 5 heteroatoms. The van der Waals surface area contributed by atoms with Crippen LogP contribution in [0.5, 0.6) is 0 Å². The fourth-order valence-corrected chi connectivity index (χ4v) is 2.14. The molecule has 1 fully saturated rings. The van der Waals surface area contributed by atoms with Crippen LogP contribution in [0.25, 0.3) is 0 Å². The number of ether oxygens (including phenoxy) is 1. The van der Waals surface area contributed by atoms with Crippen LogP contribution in [-0.4, -0.2) is 43.7 Å². The van der Waals surface area contributed by atoms with Gasteiger partial charge in [0.05, 0.1) is 31.0 Å². The second-order valence-electron chi connectivity index (χ2n) is 4.73. The predicted octanol–water partition coefficient (Wildman–Crippen LogP) is 1.20. The van der Waals surface area contributed by atoms with Crippen molar-refractivity contribution in [3.05, 3.63) is 24.5 Å². The predicted molar refractivity (Wildman–Crippen MR) is 74.1 cm³/mol. The molecule has 5 nitrogen and oxygen atoms in total. The summed E-state index contributed by atoms with van der Waals surface area (Å²) >= 11 is 0. The monoisotopic (exact) mass is 263 g/mol. The van der Waals surface area contributed by atoms with E-state index in [0.29, 0.717) is 19.1 Å². The van der Waals surface area contributed by atoms with E-state index in [1.54, 1.807) is 24.3 Å². The van der Waals surface area contributed by atoms with Crippen molar-refractivity contribution in [2.45, 2.75) is 25.4 Å².